The van der Waals surface area contributed by atoms with E-state index in [2.05, 4.69) is 30.3 Å². The van der Waals surface area contributed by atoms with Crippen molar-refractivity contribution in [2.75, 3.05) is 33.3 Å². The first kappa shape index (κ1) is 14.8. The monoisotopic (exact) mass is 282 g/mol. The molecular weight excluding hydrogens is 260 g/mol. The van der Waals surface area contributed by atoms with Gasteiger partial charge >= 0.3 is 0 Å². The summed E-state index contributed by atoms with van der Waals surface area (Å²) in [5.74, 6) is 0. The van der Waals surface area contributed by atoms with E-state index in [9.17, 15) is 0 Å². The van der Waals surface area contributed by atoms with Crippen molar-refractivity contribution in [3.05, 3.63) is 34.9 Å². The molecule has 1 N–H and O–H groups in total. The number of hydrogen-bond donors (Lipinski definition) is 1. The maximum atomic E-state index is 6.26. The highest BCUT2D eigenvalue weighted by Gasteiger charge is 2.26. The van der Waals surface area contributed by atoms with E-state index in [1.807, 2.05) is 18.2 Å². The number of likely N-dealkylation sites (N-methyl/N-ethyl adjacent to an activating group) is 2. The Kier molecular flexibility index (Phi) is 5.64. The Labute approximate surface area is 120 Å². The van der Waals surface area contributed by atoms with Crippen molar-refractivity contribution in [1.82, 2.24) is 10.2 Å². The van der Waals surface area contributed by atoms with Gasteiger partial charge in [0.25, 0.3) is 0 Å². The van der Waals surface area contributed by atoms with Gasteiger partial charge in [-0.2, -0.15) is 0 Å². The average Bonchev–Trinajstić information content (AvgIpc) is 2.40. The zero-order valence-electron chi connectivity index (χ0n) is 11.7. The lowest BCUT2D eigenvalue weighted by Crippen LogP contribution is -2.52. The molecule has 0 saturated carbocycles. The van der Waals surface area contributed by atoms with E-state index in [0.717, 1.165) is 37.7 Å². The minimum atomic E-state index is 0.231. The van der Waals surface area contributed by atoms with E-state index in [4.69, 9.17) is 16.3 Å². The SMILES string of the molecule is CCNC(Cc1ccccc1Cl)C1CN(C)CCO1. The van der Waals surface area contributed by atoms with Gasteiger partial charge in [-0.05, 0) is 31.6 Å². The number of rotatable bonds is 5. The second-order valence-corrected chi connectivity index (χ2v) is 5.54. The number of benzene rings is 1. The van der Waals surface area contributed by atoms with E-state index in [1.165, 1.54) is 5.56 Å². The van der Waals surface area contributed by atoms with Gasteiger partial charge in [0.1, 0.15) is 0 Å². The van der Waals surface area contributed by atoms with Crippen molar-refractivity contribution < 1.29 is 4.74 Å². The topological polar surface area (TPSA) is 24.5 Å². The van der Waals surface area contributed by atoms with Crippen LogP contribution in [0.15, 0.2) is 24.3 Å². The first-order valence-electron chi connectivity index (χ1n) is 6.97. The molecule has 0 amide bonds. The summed E-state index contributed by atoms with van der Waals surface area (Å²) >= 11 is 6.26. The molecule has 1 fully saturated rings. The molecule has 1 saturated heterocycles. The van der Waals surface area contributed by atoms with Gasteiger partial charge in [-0.15, -0.1) is 0 Å². The number of ether oxygens (including phenoxy) is 1. The lowest BCUT2D eigenvalue weighted by Gasteiger charge is -2.35. The van der Waals surface area contributed by atoms with Gasteiger partial charge in [0, 0.05) is 24.2 Å². The number of nitrogens with one attached hydrogen (secondary N) is 1. The summed E-state index contributed by atoms with van der Waals surface area (Å²) in [7, 11) is 2.15. The molecule has 1 aromatic carbocycles. The Morgan fingerprint density at radius 2 is 2.26 bits per heavy atom. The fraction of sp³-hybridized carbons (Fsp3) is 0.600. The minimum Gasteiger partial charge on any atom is -0.374 e. The van der Waals surface area contributed by atoms with Crippen molar-refractivity contribution in [2.24, 2.45) is 0 Å². The summed E-state index contributed by atoms with van der Waals surface area (Å²) in [6, 6.07) is 8.37. The van der Waals surface area contributed by atoms with Crippen LogP contribution in [-0.4, -0.2) is 50.3 Å². The van der Waals surface area contributed by atoms with Crippen molar-refractivity contribution in [2.45, 2.75) is 25.5 Å². The molecule has 2 atom stereocenters. The molecule has 1 aliphatic heterocycles. The third kappa shape index (κ3) is 4.18. The quantitative estimate of drug-likeness (QED) is 0.896. The number of hydrogen-bond acceptors (Lipinski definition) is 3. The Hall–Kier alpha value is -0.610. The first-order valence-corrected chi connectivity index (χ1v) is 7.35. The highest BCUT2D eigenvalue weighted by atomic mass is 35.5. The molecule has 4 heteroatoms. The second-order valence-electron chi connectivity index (χ2n) is 5.13. The average molecular weight is 283 g/mol. The molecule has 1 aliphatic rings. The van der Waals surface area contributed by atoms with Crippen LogP contribution >= 0.6 is 11.6 Å². The molecule has 19 heavy (non-hydrogen) atoms. The van der Waals surface area contributed by atoms with Gasteiger partial charge in [-0.25, -0.2) is 0 Å². The van der Waals surface area contributed by atoms with Crippen LogP contribution in [0.5, 0.6) is 0 Å². The summed E-state index contributed by atoms with van der Waals surface area (Å²) in [6.07, 6.45) is 1.14. The Morgan fingerprint density at radius 1 is 1.47 bits per heavy atom. The fourth-order valence-electron chi connectivity index (χ4n) is 2.55. The summed E-state index contributed by atoms with van der Waals surface area (Å²) < 4.78 is 5.93. The highest BCUT2D eigenvalue weighted by molar-refractivity contribution is 6.31. The molecule has 106 valence electrons. The van der Waals surface area contributed by atoms with Crippen LogP contribution < -0.4 is 5.32 Å². The molecule has 2 unspecified atom stereocenters. The minimum absolute atomic E-state index is 0.231. The van der Waals surface area contributed by atoms with E-state index in [1.54, 1.807) is 0 Å². The molecule has 0 aromatic heterocycles. The molecule has 0 aliphatic carbocycles. The second kappa shape index (κ2) is 7.25. The molecule has 0 radical (unpaired) electrons. The van der Waals surface area contributed by atoms with Gasteiger partial charge in [0.2, 0.25) is 0 Å². The van der Waals surface area contributed by atoms with Crippen LogP contribution in [-0.2, 0) is 11.2 Å². The summed E-state index contributed by atoms with van der Waals surface area (Å²) in [4.78, 5) is 2.32. The van der Waals surface area contributed by atoms with Gasteiger partial charge < -0.3 is 15.0 Å². The van der Waals surface area contributed by atoms with Crippen molar-refractivity contribution in [3.63, 3.8) is 0 Å². The molecule has 1 aromatic rings. The lowest BCUT2D eigenvalue weighted by atomic mass is 10.00. The van der Waals surface area contributed by atoms with Crippen molar-refractivity contribution in [1.29, 1.82) is 0 Å². The number of morpholine rings is 1. The first-order chi connectivity index (χ1) is 9.20. The molecule has 1 heterocycles. The zero-order chi connectivity index (χ0) is 13.7. The van der Waals surface area contributed by atoms with Crippen LogP contribution in [0.25, 0.3) is 0 Å². The largest absolute Gasteiger partial charge is 0.374 e. The number of halogens is 1. The van der Waals surface area contributed by atoms with E-state index >= 15 is 0 Å². The molecular formula is C15H23ClN2O. The van der Waals surface area contributed by atoms with Gasteiger partial charge in [-0.1, -0.05) is 36.7 Å². The summed E-state index contributed by atoms with van der Waals surface area (Å²) in [5.41, 5.74) is 1.19. The summed E-state index contributed by atoms with van der Waals surface area (Å²) in [6.45, 7) is 5.87. The standard InChI is InChI=1S/C15H23ClN2O/c1-3-17-14(15-11-18(2)8-9-19-15)10-12-6-4-5-7-13(12)16/h4-7,14-15,17H,3,8-11H2,1-2H3. The molecule has 2 rings (SSSR count). The molecule has 0 spiro atoms. The van der Waals surface area contributed by atoms with E-state index in [0.29, 0.717) is 6.04 Å². The maximum absolute atomic E-state index is 6.26. The third-order valence-electron chi connectivity index (χ3n) is 3.61. The van der Waals surface area contributed by atoms with Crippen LogP contribution in [0.1, 0.15) is 12.5 Å². The molecule has 3 nitrogen and oxygen atoms in total. The van der Waals surface area contributed by atoms with Crippen LogP contribution in [0.4, 0.5) is 0 Å². The zero-order valence-corrected chi connectivity index (χ0v) is 12.5. The van der Waals surface area contributed by atoms with Gasteiger partial charge in [-0.3, -0.25) is 0 Å². The number of nitrogens with zero attached hydrogens (tertiary/aromatic N) is 1. The predicted molar refractivity (Wildman–Crippen MR) is 79.9 cm³/mol. The normalized spacial score (nSPS) is 22.4. The Morgan fingerprint density at radius 3 is 2.95 bits per heavy atom. The van der Waals surface area contributed by atoms with Crippen molar-refractivity contribution >= 4 is 11.6 Å². The maximum Gasteiger partial charge on any atom is 0.0858 e. The highest BCUT2D eigenvalue weighted by Crippen LogP contribution is 2.19. The Balaban J connectivity index is 2.05. The van der Waals surface area contributed by atoms with Crippen LogP contribution in [0.3, 0.4) is 0 Å². The van der Waals surface area contributed by atoms with E-state index in [-0.39, 0.29) is 6.10 Å². The van der Waals surface area contributed by atoms with Crippen molar-refractivity contribution in [3.8, 4) is 0 Å². The fourth-order valence-corrected chi connectivity index (χ4v) is 2.77. The smallest absolute Gasteiger partial charge is 0.0858 e. The van der Waals surface area contributed by atoms with E-state index < -0.39 is 0 Å². The Bertz CT molecular complexity index is 399. The van der Waals surface area contributed by atoms with Gasteiger partial charge in [0.05, 0.1) is 12.7 Å². The predicted octanol–water partition coefficient (Wildman–Crippen LogP) is 2.19. The summed E-state index contributed by atoms with van der Waals surface area (Å²) in [5, 5.41) is 4.38. The van der Waals surface area contributed by atoms with Crippen LogP contribution in [0, 0.1) is 0 Å². The molecule has 0 bridgehead atoms. The third-order valence-corrected chi connectivity index (χ3v) is 3.98. The van der Waals surface area contributed by atoms with Crippen LogP contribution in [0.2, 0.25) is 5.02 Å². The van der Waals surface area contributed by atoms with Gasteiger partial charge in [0.15, 0.2) is 0 Å². The lowest BCUT2D eigenvalue weighted by molar-refractivity contribution is -0.0381.